The van der Waals surface area contributed by atoms with E-state index in [9.17, 15) is 0 Å². The van der Waals surface area contributed by atoms with E-state index in [2.05, 4.69) is 20.8 Å². The van der Waals surface area contributed by atoms with Crippen LogP contribution < -0.4 is 0 Å². The van der Waals surface area contributed by atoms with E-state index in [-0.39, 0.29) is 6.29 Å². The summed E-state index contributed by atoms with van der Waals surface area (Å²) in [6.07, 6.45) is 1.31. The van der Waals surface area contributed by atoms with Gasteiger partial charge in [0, 0.05) is 14.2 Å². The van der Waals surface area contributed by atoms with Crippen molar-refractivity contribution < 1.29 is 14.2 Å². The van der Waals surface area contributed by atoms with Crippen LogP contribution in [0, 0.1) is 0 Å². The topological polar surface area (TPSA) is 27.7 Å². The van der Waals surface area contributed by atoms with E-state index in [0.717, 1.165) is 0 Å². The Hall–Kier alpha value is -0.540. The number of rotatable bonds is 3. The highest BCUT2D eigenvalue weighted by Gasteiger charge is 1.87. The van der Waals surface area contributed by atoms with Crippen molar-refractivity contribution in [3.8, 4) is 0 Å². The lowest BCUT2D eigenvalue weighted by molar-refractivity contribution is -0.0877. The number of ether oxygens (including phenoxy) is 3. The summed E-state index contributed by atoms with van der Waals surface area (Å²) in [6, 6.07) is 0. The molecule has 0 radical (unpaired) electrons. The molecule has 0 aliphatic carbocycles. The van der Waals surface area contributed by atoms with Gasteiger partial charge in [0.2, 0.25) is 0 Å². The first kappa shape index (κ1) is 12.2. The van der Waals surface area contributed by atoms with Gasteiger partial charge in [-0.1, -0.05) is 6.58 Å². The summed E-state index contributed by atoms with van der Waals surface area (Å²) >= 11 is 0. The Kier molecular flexibility index (Phi) is 13.7. The van der Waals surface area contributed by atoms with E-state index in [1.807, 2.05) is 6.92 Å². The fourth-order valence-corrected chi connectivity index (χ4v) is 0.0962. The molecule has 0 aromatic heterocycles. The summed E-state index contributed by atoms with van der Waals surface area (Å²) in [4.78, 5) is 0. The predicted octanol–water partition coefficient (Wildman–Crippen LogP) is 1.40. The molecule has 0 N–H and O–H groups in total. The second-order valence-electron chi connectivity index (χ2n) is 1.44. The maximum atomic E-state index is 4.68. The Morgan fingerprint density at radius 1 is 1.20 bits per heavy atom. The zero-order valence-electron chi connectivity index (χ0n) is 7.09. The lowest BCUT2D eigenvalue weighted by Crippen LogP contribution is -2.05. The smallest absolute Gasteiger partial charge is 0.154 e. The summed E-state index contributed by atoms with van der Waals surface area (Å²) in [6.45, 7) is 5.09. The van der Waals surface area contributed by atoms with Gasteiger partial charge in [-0.25, -0.2) is 0 Å². The van der Waals surface area contributed by atoms with Gasteiger partial charge in [-0.2, -0.15) is 0 Å². The van der Waals surface area contributed by atoms with Crippen molar-refractivity contribution in [3.05, 3.63) is 12.8 Å². The molecule has 3 nitrogen and oxygen atoms in total. The van der Waals surface area contributed by atoms with Gasteiger partial charge in [-0.3, -0.25) is 0 Å². The number of methoxy groups -OCH3 is 3. The Balaban J connectivity index is 0. The Morgan fingerprint density at radius 2 is 1.50 bits per heavy atom. The van der Waals surface area contributed by atoms with Crippen LogP contribution in [0.4, 0.5) is 0 Å². The first-order valence-electron chi connectivity index (χ1n) is 2.92. The average Bonchev–Trinajstić information content (AvgIpc) is 2.03. The molecule has 10 heavy (non-hydrogen) atoms. The molecule has 0 aromatic carbocycles. The summed E-state index contributed by atoms with van der Waals surface area (Å²) in [5, 5.41) is 0. The molecule has 0 aliphatic heterocycles. The SMILES string of the molecule is C=COC.COC(C)OC. The fourth-order valence-electron chi connectivity index (χ4n) is 0.0962. The molecule has 0 heterocycles. The van der Waals surface area contributed by atoms with E-state index in [0.29, 0.717) is 0 Å². The summed E-state index contributed by atoms with van der Waals surface area (Å²) in [7, 11) is 4.77. The summed E-state index contributed by atoms with van der Waals surface area (Å²) < 4.78 is 13.7. The van der Waals surface area contributed by atoms with Crippen molar-refractivity contribution in [1.29, 1.82) is 0 Å². The second kappa shape index (κ2) is 11.3. The van der Waals surface area contributed by atoms with Crippen molar-refractivity contribution in [2.45, 2.75) is 13.2 Å². The summed E-state index contributed by atoms with van der Waals surface area (Å²) in [5.74, 6) is 0. The maximum absolute atomic E-state index is 4.68. The molecule has 0 saturated carbocycles. The molecule has 0 aromatic rings. The lowest BCUT2D eigenvalue weighted by atomic mass is 10.8. The molecule has 0 bridgehead atoms. The predicted molar refractivity (Wildman–Crippen MR) is 40.7 cm³/mol. The van der Waals surface area contributed by atoms with Crippen molar-refractivity contribution in [2.75, 3.05) is 21.3 Å². The van der Waals surface area contributed by atoms with Crippen molar-refractivity contribution in [2.24, 2.45) is 0 Å². The molecule has 0 atom stereocenters. The van der Waals surface area contributed by atoms with Crippen LogP contribution in [0.25, 0.3) is 0 Å². The van der Waals surface area contributed by atoms with Gasteiger partial charge in [-0.05, 0) is 6.92 Å². The van der Waals surface area contributed by atoms with Crippen LogP contribution in [-0.2, 0) is 14.2 Å². The quantitative estimate of drug-likeness (QED) is 0.447. The first-order valence-corrected chi connectivity index (χ1v) is 2.92. The van der Waals surface area contributed by atoms with Crippen molar-refractivity contribution in [3.63, 3.8) is 0 Å². The van der Waals surface area contributed by atoms with Crippen molar-refractivity contribution in [1.82, 2.24) is 0 Å². The zero-order chi connectivity index (χ0) is 8.41. The third kappa shape index (κ3) is 15.7. The minimum Gasteiger partial charge on any atom is -0.505 e. The van der Waals surface area contributed by atoms with Crippen LogP contribution in [0.15, 0.2) is 12.8 Å². The van der Waals surface area contributed by atoms with Crippen LogP contribution in [0.2, 0.25) is 0 Å². The minimum absolute atomic E-state index is 0.0648. The Morgan fingerprint density at radius 3 is 1.50 bits per heavy atom. The second-order valence-corrected chi connectivity index (χ2v) is 1.44. The fraction of sp³-hybridized carbons (Fsp3) is 0.714. The molecule has 0 fully saturated rings. The van der Waals surface area contributed by atoms with Crippen LogP contribution in [0.5, 0.6) is 0 Å². The van der Waals surface area contributed by atoms with Crippen LogP contribution in [0.1, 0.15) is 6.92 Å². The van der Waals surface area contributed by atoms with Gasteiger partial charge in [-0.15, -0.1) is 0 Å². The van der Waals surface area contributed by atoms with Crippen LogP contribution in [0.3, 0.4) is 0 Å². The van der Waals surface area contributed by atoms with E-state index in [1.54, 1.807) is 21.3 Å². The monoisotopic (exact) mass is 148 g/mol. The highest BCUT2D eigenvalue weighted by molar-refractivity contribution is 4.43. The normalized spacial score (nSPS) is 8.10. The summed E-state index contributed by atoms with van der Waals surface area (Å²) in [5.41, 5.74) is 0. The van der Waals surface area contributed by atoms with Crippen LogP contribution >= 0.6 is 0 Å². The maximum Gasteiger partial charge on any atom is 0.154 e. The van der Waals surface area contributed by atoms with Gasteiger partial charge in [0.1, 0.15) is 0 Å². The Labute approximate surface area is 62.6 Å². The number of hydrogen-bond acceptors (Lipinski definition) is 3. The third-order valence-electron chi connectivity index (χ3n) is 0.831. The molecule has 0 rings (SSSR count). The third-order valence-corrected chi connectivity index (χ3v) is 0.831. The van der Waals surface area contributed by atoms with E-state index in [4.69, 9.17) is 0 Å². The molecule has 0 unspecified atom stereocenters. The molecule has 0 saturated heterocycles. The van der Waals surface area contributed by atoms with E-state index >= 15 is 0 Å². The highest BCUT2D eigenvalue weighted by Crippen LogP contribution is 1.82. The Bertz CT molecular complexity index is 59.9. The molecule has 62 valence electrons. The largest absolute Gasteiger partial charge is 0.505 e. The van der Waals surface area contributed by atoms with Gasteiger partial charge in [0.15, 0.2) is 6.29 Å². The van der Waals surface area contributed by atoms with E-state index in [1.165, 1.54) is 6.26 Å². The molecular formula is C7H16O3. The highest BCUT2D eigenvalue weighted by atomic mass is 16.7. The zero-order valence-corrected chi connectivity index (χ0v) is 7.09. The molecule has 0 amide bonds. The minimum atomic E-state index is -0.0648. The van der Waals surface area contributed by atoms with Gasteiger partial charge < -0.3 is 14.2 Å². The van der Waals surface area contributed by atoms with Gasteiger partial charge >= 0.3 is 0 Å². The molecular weight excluding hydrogens is 132 g/mol. The lowest BCUT2D eigenvalue weighted by Gasteiger charge is -2.03. The number of hydrogen-bond donors (Lipinski definition) is 0. The van der Waals surface area contributed by atoms with Crippen LogP contribution in [-0.4, -0.2) is 27.6 Å². The molecule has 0 spiro atoms. The van der Waals surface area contributed by atoms with E-state index < -0.39 is 0 Å². The standard InChI is InChI=1S/C4H10O2.C3H6O/c1-4(5-2)6-3;1-3-4-2/h4H,1-3H3;3H,1H2,2H3. The molecule has 3 heteroatoms. The van der Waals surface area contributed by atoms with Gasteiger partial charge in [0.05, 0.1) is 13.4 Å². The van der Waals surface area contributed by atoms with Gasteiger partial charge in [0.25, 0.3) is 0 Å². The molecule has 0 aliphatic rings. The first-order chi connectivity index (χ1) is 4.72. The average molecular weight is 148 g/mol. The van der Waals surface area contributed by atoms with Crippen molar-refractivity contribution >= 4 is 0 Å².